The predicted molar refractivity (Wildman–Crippen MR) is 82.0 cm³/mol. The normalized spacial score (nSPS) is 20.1. The minimum atomic E-state index is 0.172. The van der Waals surface area contributed by atoms with Gasteiger partial charge in [0.15, 0.2) is 0 Å². The number of nitrogens with one attached hydrogen (secondary N) is 1. The molecular weight excluding hydrogens is 234 g/mol. The molecule has 1 aliphatic rings. The summed E-state index contributed by atoms with van der Waals surface area (Å²) in [5, 5.41) is 7.75. The van der Waals surface area contributed by atoms with Crippen LogP contribution >= 0.6 is 0 Å². The fraction of sp³-hybridized carbons (Fsp3) is 0.562. The summed E-state index contributed by atoms with van der Waals surface area (Å²) < 4.78 is 0. The second kappa shape index (κ2) is 6.09. The van der Waals surface area contributed by atoms with Crippen LogP contribution in [0.1, 0.15) is 43.7 Å². The van der Waals surface area contributed by atoms with Gasteiger partial charge in [-0.25, -0.2) is 0 Å². The molecule has 1 heterocycles. The van der Waals surface area contributed by atoms with Crippen LogP contribution in [0.3, 0.4) is 0 Å². The van der Waals surface area contributed by atoms with E-state index < -0.39 is 0 Å². The number of aryl methyl sites for hydroxylation is 1. The Morgan fingerprint density at radius 3 is 2.84 bits per heavy atom. The number of benzene rings is 1. The second-order valence-corrected chi connectivity index (χ2v) is 5.63. The van der Waals surface area contributed by atoms with Crippen LogP contribution in [0, 0.1) is 18.3 Å². The Hall–Kier alpha value is -1.51. The number of hydrogen-bond donors (Lipinski definition) is 2. The average Bonchev–Trinajstić information content (AvgIpc) is 2.63. The first-order chi connectivity index (χ1) is 9.11. The van der Waals surface area contributed by atoms with Gasteiger partial charge in [-0.05, 0) is 49.8 Å². The minimum absolute atomic E-state index is 0.172. The van der Waals surface area contributed by atoms with Crippen LogP contribution < -0.4 is 10.6 Å². The van der Waals surface area contributed by atoms with E-state index in [1.807, 2.05) is 12.1 Å². The third-order valence-corrected chi connectivity index (χ3v) is 4.21. The summed E-state index contributed by atoms with van der Waals surface area (Å²) in [4.78, 5) is 2.42. The molecule has 3 nitrogen and oxygen atoms in total. The third-order valence-electron chi connectivity index (χ3n) is 4.21. The van der Waals surface area contributed by atoms with E-state index in [0.29, 0.717) is 0 Å². The van der Waals surface area contributed by atoms with Crippen molar-refractivity contribution < 1.29 is 0 Å². The molecule has 0 aromatic heterocycles. The highest BCUT2D eigenvalue weighted by Crippen LogP contribution is 2.27. The van der Waals surface area contributed by atoms with Crippen LogP contribution in [0.4, 0.5) is 5.69 Å². The van der Waals surface area contributed by atoms with E-state index in [9.17, 15) is 0 Å². The van der Waals surface area contributed by atoms with Crippen molar-refractivity contribution in [3.8, 4) is 0 Å². The highest BCUT2D eigenvalue weighted by atomic mass is 15.1. The summed E-state index contributed by atoms with van der Waals surface area (Å²) >= 11 is 0. The minimum Gasteiger partial charge on any atom is -0.384 e. The lowest BCUT2D eigenvalue weighted by Crippen LogP contribution is -2.27. The molecular formula is C16H25N3. The first-order valence-electron chi connectivity index (χ1n) is 7.31. The number of amidine groups is 1. The molecule has 0 spiro atoms. The Morgan fingerprint density at radius 2 is 2.16 bits per heavy atom. The van der Waals surface area contributed by atoms with Gasteiger partial charge in [0, 0.05) is 24.3 Å². The molecule has 0 aliphatic carbocycles. The van der Waals surface area contributed by atoms with Crippen molar-refractivity contribution in [1.29, 1.82) is 5.41 Å². The van der Waals surface area contributed by atoms with Gasteiger partial charge in [-0.15, -0.1) is 0 Å². The number of hydrogen-bond acceptors (Lipinski definition) is 2. The van der Waals surface area contributed by atoms with Crippen molar-refractivity contribution in [2.24, 2.45) is 11.7 Å². The third kappa shape index (κ3) is 3.28. The molecule has 0 amide bonds. The van der Waals surface area contributed by atoms with E-state index in [4.69, 9.17) is 11.1 Å². The summed E-state index contributed by atoms with van der Waals surface area (Å²) in [6, 6.07) is 6.19. The van der Waals surface area contributed by atoms with Gasteiger partial charge in [0.05, 0.1) is 0 Å². The lowest BCUT2D eigenvalue weighted by atomic mass is 9.98. The zero-order chi connectivity index (χ0) is 13.8. The van der Waals surface area contributed by atoms with E-state index in [1.54, 1.807) is 0 Å². The fourth-order valence-electron chi connectivity index (χ4n) is 2.95. The Labute approximate surface area is 116 Å². The average molecular weight is 259 g/mol. The van der Waals surface area contributed by atoms with Gasteiger partial charge in [-0.1, -0.05) is 19.4 Å². The smallest absolute Gasteiger partial charge is 0.124 e. The van der Waals surface area contributed by atoms with E-state index in [0.717, 1.165) is 30.3 Å². The zero-order valence-electron chi connectivity index (χ0n) is 12.1. The summed E-state index contributed by atoms with van der Waals surface area (Å²) in [6.45, 7) is 6.55. The van der Waals surface area contributed by atoms with Crippen LogP contribution in [-0.4, -0.2) is 18.9 Å². The number of nitrogens with two attached hydrogens (primary N) is 1. The van der Waals surface area contributed by atoms with Crippen molar-refractivity contribution in [2.75, 3.05) is 18.0 Å². The standard InChI is InChI=1S/C16H25N3/c1-3-13-5-4-9-19(10-8-13)15-11-12(2)6-7-14(15)16(17)18/h6-7,11,13H,3-5,8-10H2,1-2H3,(H3,17,18). The summed E-state index contributed by atoms with van der Waals surface area (Å²) in [5.41, 5.74) is 8.97. The van der Waals surface area contributed by atoms with Crippen LogP contribution in [-0.2, 0) is 0 Å². The van der Waals surface area contributed by atoms with Crippen molar-refractivity contribution in [3.05, 3.63) is 29.3 Å². The van der Waals surface area contributed by atoms with Gasteiger partial charge in [0.25, 0.3) is 0 Å². The predicted octanol–water partition coefficient (Wildman–Crippen LogP) is 3.30. The fourth-order valence-corrected chi connectivity index (χ4v) is 2.95. The van der Waals surface area contributed by atoms with E-state index in [-0.39, 0.29) is 5.84 Å². The number of rotatable bonds is 3. The van der Waals surface area contributed by atoms with Gasteiger partial charge in [-0.3, -0.25) is 5.41 Å². The maximum Gasteiger partial charge on any atom is 0.124 e. The van der Waals surface area contributed by atoms with Gasteiger partial charge in [0.1, 0.15) is 5.84 Å². The molecule has 2 rings (SSSR count). The topological polar surface area (TPSA) is 53.1 Å². The summed E-state index contributed by atoms with van der Waals surface area (Å²) in [7, 11) is 0. The molecule has 1 aromatic carbocycles. The molecule has 3 N–H and O–H groups in total. The molecule has 0 radical (unpaired) electrons. The highest BCUT2D eigenvalue weighted by Gasteiger charge is 2.18. The maximum absolute atomic E-state index is 7.75. The van der Waals surface area contributed by atoms with Gasteiger partial charge in [-0.2, -0.15) is 0 Å². The van der Waals surface area contributed by atoms with Gasteiger partial charge in [0.2, 0.25) is 0 Å². The quantitative estimate of drug-likeness (QED) is 0.646. The van der Waals surface area contributed by atoms with Gasteiger partial charge < -0.3 is 10.6 Å². The van der Waals surface area contributed by atoms with Gasteiger partial charge >= 0.3 is 0 Å². The van der Waals surface area contributed by atoms with Crippen LogP contribution in [0.25, 0.3) is 0 Å². The summed E-state index contributed by atoms with van der Waals surface area (Å²) in [5.74, 6) is 1.03. The van der Waals surface area contributed by atoms with E-state index in [2.05, 4.69) is 24.8 Å². The first kappa shape index (κ1) is 13.9. The van der Waals surface area contributed by atoms with Crippen molar-refractivity contribution in [2.45, 2.75) is 39.5 Å². The molecule has 1 atom stereocenters. The molecule has 1 aromatic rings. The molecule has 0 saturated carbocycles. The van der Waals surface area contributed by atoms with Crippen LogP contribution in [0.5, 0.6) is 0 Å². The summed E-state index contributed by atoms with van der Waals surface area (Å²) in [6.07, 6.45) is 5.10. The Balaban J connectivity index is 2.25. The molecule has 1 saturated heterocycles. The largest absolute Gasteiger partial charge is 0.384 e. The molecule has 3 heteroatoms. The van der Waals surface area contributed by atoms with Crippen LogP contribution in [0.2, 0.25) is 0 Å². The number of nitrogen functional groups attached to an aromatic ring is 1. The molecule has 19 heavy (non-hydrogen) atoms. The maximum atomic E-state index is 7.75. The molecule has 104 valence electrons. The Bertz CT molecular complexity index is 453. The number of nitrogens with zero attached hydrogens (tertiary/aromatic N) is 1. The first-order valence-corrected chi connectivity index (χ1v) is 7.31. The number of anilines is 1. The molecule has 1 fully saturated rings. The highest BCUT2D eigenvalue weighted by molar-refractivity contribution is 6.00. The Morgan fingerprint density at radius 1 is 1.37 bits per heavy atom. The van der Waals surface area contributed by atoms with Crippen LogP contribution in [0.15, 0.2) is 18.2 Å². The SMILES string of the molecule is CCC1CCCN(c2cc(C)ccc2C(=N)N)CC1. The van der Waals surface area contributed by atoms with Crippen molar-refractivity contribution >= 4 is 11.5 Å². The van der Waals surface area contributed by atoms with Crippen molar-refractivity contribution in [1.82, 2.24) is 0 Å². The monoisotopic (exact) mass is 259 g/mol. The molecule has 1 aliphatic heterocycles. The van der Waals surface area contributed by atoms with E-state index >= 15 is 0 Å². The molecule has 0 bridgehead atoms. The van der Waals surface area contributed by atoms with E-state index in [1.165, 1.54) is 31.2 Å². The lowest BCUT2D eigenvalue weighted by molar-refractivity contribution is 0.459. The lowest BCUT2D eigenvalue weighted by Gasteiger charge is -2.26. The van der Waals surface area contributed by atoms with Crippen molar-refractivity contribution in [3.63, 3.8) is 0 Å². The Kier molecular flexibility index (Phi) is 4.46. The second-order valence-electron chi connectivity index (χ2n) is 5.63. The molecule has 1 unspecified atom stereocenters. The zero-order valence-corrected chi connectivity index (χ0v) is 12.1.